The molecule has 14 heavy (non-hydrogen) atoms. The molecule has 0 radical (unpaired) electrons. The van der Waals surface area contributed by atoms with E-state index in [4.69, 9.17) is 0 Å². The van der Waals surface area contributed by atoms with Gasteiger partial charge in [0.1, 0.15) is 11.5 Å². The molecule has 0 amide bonds. The first-order valence-corrected chi connectivity index (χ1v) is 4.67. The number of hydrogen-bond donors (Lipinski definition) is 2. The number of ketones is 1. The normalized spacial score (nSPS) is 26.8. The number of rotatable bonds is 1. The van der Waals surface area contributed by atoms with E-state index in [9.17, 15) is 9.90 Å². The van der Waals surface area contributed by atoms with Gasteiger partial charge in [-0.2, -0.15) is 0 Å². The van der Waals surface area contributed by atoms with Crippen molar-refractivity contribution >= 4 is 5.78 Å². The Bertz CT molecular complexity index is 375. The van der Waals surface area contributed by atoms with Gasteiger partial charge < -0.3 is 10.4 Å². The molecule has 1 saturated heterocycles. The van der Waals surface area contributed by atoms with Crippen LogP contribution >= 0.6 is 0 Å². The van der Waals surface area contributed by atoms with Crippen molar-refractivity contribution in [2.45, 2.75) is 18.9 Å². The van der Waals surface area contributed by atoms with Crippen LogP contribution in [-0.4, -0.2) is 17.4 Å². The van der Waals surface area contributed by atoms with Crippen LogP contribution in [0.3, 0.4) is 0 Å². The molecule has 2 N–H and O–H groups in total. The van der Waals surface area contributed by atoms with E-state index in [1.54, 1.807) is 12.1 Å². The van der Waals surface area contributed by atoms with Crippen LogP contribution in [0.4, 0.5) is 0 Å². The summed E-state index contributed by atoms with van der Waals surface area (Å²) in [6.07, 6.45) is 0.449. The van der Waals surface area contributed by atoms with Crippen LogP contribution in [0.15, 0.2) is 24.3 Å². The zero-order valence-corrected chi connectivity index (χ0v) is 8.08. The number of phenols is 1. The first-order valence-electron chi connectivity index (χ1n) is 4.67. The van der Waals surface area contributed by atoms with Crippen LogP contribution in [0, 0.1) is 0 Å². The minimum Gasteiger partial charge on any atom is -0.508 e. The number of para-hydroxylation sites is 1. The maximum Gasteiger partial charge on any atom is 0.148 e. The molecule has 1 fully saturated rings. The molecule has 0 saturated carbocycles. The van der Waals surface area contributed by atoms with Gasteiger partial charge in [0, 0.05) is 12.0 Å². The molecule has 0 bridgehead atoms. The molecule has 1 aliphatic heterocycles. The number of carbonyl (C=O) groups is 1. The standard InChI is InChI=1S/C11H13NO2/c1-11(6-8(13)7-12-11)9-4-2-3-5-10(9)14/h2-5,12,14H,6-7H2,1H3. The number of Topliss-reactive ketones (excluding diaryl/α,β-unsaturated/α-hetero) is 1. The van der Waals surface area contributed by atoms with Crippen LogP contribution < -0.4 is 5.32 Å². The van der Waals surface area contributed by atoms with Gasteiger partial charge in [0.2, 0.25) is 0 Å². The lowest BCUT2D eigenvalue weighted by molar-refractivity contribution is -0.116. The molecule has 0 spiro atoms. The van der Waals surface area contributed by atoms with Crippen molar-refractivity contribution in [3.63, 3.8) is 0 Å². The van der Waals surface area contributed by atoms with Gasteiger partial charge in [0.15, 0.2) is 0 Å². The molecule has 1 atom stereocenters. The number of aromatic hydroxyl groups is 1. The summed E-state index contributed by atoms with van der Waals surface area (Å²) in [5.41, 5.74) is 0.397. The molecule has 0 aliphatic carbocycles. The predicted octanol–water partition coefficient (Wildman–Crippen LogP) is 1.17. The molecular formula is C11H13NO2. The molecule has 3 nitrogen and oxygen atoms in total. The van der Waals surface area contributed by atoms with E-state index in [1.807, 2.05) is 19.1 Å². The molecule has 0 aromatic heterocycles. The van der Waals surface area contributed by atoms with Crippen LogP contribution in [0.5, 0.6) is 5.75 Å². The number of hydrogen-bond acceptors (Lipinski definition) is 3. The smallest absolute Gasteiger partial charge is 0.148 e. The Morgan fingerprint density at radius 3 is 2.71 bits per heavy atom. The minimum atomic E-state index is -0.400. The zero-order chi connectivity index (χ0) is 10.2. The Labute approximate surface area is 82.8 Å². The van der Waals surface area contributed by atoms with Crippen LogP contribution in [0.2, 0.25) is 0 Å². The van der Waals surface area contributed by atoms with Crippen molar-refractivity contribution in [2.75, 3.05) is 6.54 Å². The Morgan fingerprint density at radius 1 is 1.43 bits per heavy atom. The van der Waals surface area contributed by atoms with E-state index in [2.05, 4.69) is 5.32 Å². The summed E-state index contributed by atoms with van der Waals surface area (Å²) < 4.78 is 0. The molecule has 1 aromatic rings. The fourth-order valence-corrected chi connectivity index (χ4v) is 1.94. The van der Waals surface area contributed by atoms with E-state index in [1.165, 1.54) is 0 Å². The highest BCUT2D eigenvalue weighted by Gasteiger charge is 2.36. The number of carbonyl (C=O) groups excluding carboxylic acids is 1. The Kier molecular flexibility index (Phi) is 2.04. The summed E-state index contributed by atoms with van der Waals surface area (Å²) in [6, 6.07) is 7.13. The van der Waals surface area contributed by atoms with Crippen LogP contribution in [-0.2, 0) is 10.3 Å². The summed E-state index contributed by atoms with van der Waals surface area (Å²) in [7, 11) is 0. The quantitative estimate of drug-likeness (QED) is 0.700. The molecule has 2 rings (SSSR count). The summed E-state index contributed by atoms with van der Waals surface area (Å²) in [4.78, 5) is 11.2. The van der Waals surface area contributed by atoms with Crippen molar-refractivity contribution in [3.8, 4) is 5.75 Å². The van der Waals surface area contributed by atoms with Crippen LogP contribution in [0.1, 0.15) is 18.9 Å². The maximum absolute atomic E-state index is 11.2. The molecule has 1 unspecified atom stereocenters. The van der Waals surface area contributed by atoms with Gasteiger partial charge in [-0.25, -0.2) is 0 Å². The van der Waals surface area contributed by atoms with E-state index in [0.717, 1.165) is 5.56 Å². The lowest BCUT2D eigenvalue weighted by Gasteiger charge is -2.24. The fourth-order valence-electron chi connectivity index (χ4n) is 1.94. The Hall–Kier alpha value is -1.35. The second-order valence-electron chi connectivity index (χ2n) is 3.92. The predicted molar refractivity (Wildman–Crippen MR) is 53.1 cm³/mol. The minimum absolute atomic E-state index is 0.191. The SMILES string of the molecule is CC1(c2ccccc2O)CC(=O)CN1. The van der Waals surface area contributed by atoms with Crippen molar-refractivity contribution in [1.82, 2.24) is 5.32 Å². The molecule has 74 valence electrons. The Morgan fingerprint density at radius 2 is 2.14 bits per heavy atom. The number of benzene rings is 1. The second-order valence-corrected chi connectivity index (χ2v) is 3.92. The highest BCUT2D eigenvalue weighted by molar-refractivity contribution is 5.84. The first kappa shape index (κ1) is 9.21. The average Bonchev–Trinajstić information content (AvgIpc) is 2.48. The molecular weight excluding hydrogens is 178 g/mol. The highest BCUT2D eigenvalue weighted by atomic mass is 16.3. The molecule has 1 aliphatic rings. The Balaban J connectivity index is 2.40. The molecule has 1 aromatic carbocycles. The molecule has 3 heteroatoms. The van der Waals surface area contributed by atoms with E-state index >= 15 is 0 Å². The van der Waals surface area contributed by atoms with Gasteiger partial charge >= 0.3 is 0 Å². The van der Waals surface area contributed by atoms with Gasteiger partial charge in [-0.15, -0.1) is 0 Å². The zero-order valence-electron chi connectivity index (χ0n) is 8.08. The lowest BCUT2D eigenvalue weighted by atomic mass is 9.89. The van der Waals surface area contributed by atoms with Gasteiger partial charge in [0.25, 0.3) is 0 Å². The first-order chi connectivity index (χ1) is 6.62. The van der Waals surface area contributed by atoms with Crippen molar-refractivity contribution in [3.05, 3.63) is 29.8 Å². The van der Waals surface area contributed by atoms with Crippen molar-refractivity contribution in [1.29, 1.82) is 0 Å². The van der Waals surface area contributed by atoms with E-state index in [0.29, 0.717) is 13.0 Å². The fraction of sp³-hybridized carbons (Fsp3) is 0.364. The van der Waals surface area contributed by atoms with E-state index in [-0.39, 0.29) is 11.5 Å². The third kappa shape index (κ3) is 1.40. The third-order valence-electron chi connectivity index (χ3n) is 2.72. The summed E-state index contributed by atoms with van der Waals surface area (Å²) in [5, 5.41) is 12.8. The van der Waals surface area contributed by atoms with Gasteiger partial charge in [0.05, 0.1) is 12.1 Å². The monoisotopic (exact) mass is 191 g/mol. The second kappa shape index (κ2) is 3.10. The summed E-state index contributed by atoms with van der Waals surface area (Å²) in [6.45, 7) is 2.33. The summed E-state index contributed by atoms with van der Waals surface area (Å²) in [5.74, 6) is 0.438. The largest absolute Gasteiger partial charge is 0.508 e. The van der Waals surface area contributed by atoms with Crippen molar-refractivity contribution in [2.24, 2.45) is 0 Å². The lowest BCUT2D eigenvalue weighted by Crippen LogP contribution is -2.33. The van der Waals surface area contributed by atoms with Crippen molar-refractivity contribution < 1.29 is 9.90 Å². The number of nitrogens with one attached hydrogen (secondary N) is 1. The third-order valence-corrected chi connectivity index (χ3v) is 2.72. The summed E-state index contributed by atoms with van der Waals surface area (Å²) >= 11 is 0. The average molecular weight is 191 g/mol. The van der Waals surface area contributed by atoms with Crippen LogP contribution in [0.25, 0.3) is 0 Å². The van der Waals surface area contributed by atoms with Gasteiger partial charge in [-0.3, -0.25) is 4.79 Å². The molecule has 1 heterocycles. The topological polar surface area (TPSA) is 49.3 Å². The van der Waals surface area contributed by atoms with Gasteiger partial charge in [-0.1, -0.05) is 18.2 Å². The number of phenolic OH excluding ortho intramolecular Hbond substituents is 1. The highest BCUT2D eigenvalue weighted by Crippen LogP contribution is 2.34. The van der Waals surface area contributed by atoms with E-state index < -0.39 is 5.54 Å². The maximum atomic E-state index is 11.2. The van der Waals surface area contributed by atoms with Gasteiger partial charge in [-0.05, 0) is 13.0 Å².